The molecular weight excluding hydrogens is 266 g/mol. The van der Waals surface area contributed by atoms with Crippen molar-refractivity contribution in [2.75, 3.05) is 0 Å². The largest absolute Gasteiger partial charge is 0.393 e. The molecule has 0 spiro atoms. The summed E-state index contributed by atoms with van der Waals surface area (Å²) in [7, 11) is 0. The second kappa shape index (κ2) is 6.01. The van der Waals surface area contributed by atoms with Crippen molar-refractivity contribution in [3.05, 3.63) is 42.4 Å². The highest BCUT2D eigenvalue weighted by Gasteiger charge is 2.15. The van der Waals surface area contributed by atoms with E-state index in [0.717, 1.165) is 23.6 Å². The van der Waals surface area contributed by atoms with Gasteiger partial charge in [0.15, 0.2) is 0 Å². The highest BCUT2D eigenvalue weighted by Crippen LogP contribution is 2.24. The maximum atomic E-state index is 9.81. The SMILES string of the molecule is CCCC(O)Cc1nc(-c2nccc3ccccc23)no1. The number of pyridine rings is 1. The lowest BCUT2D eigenvalue weighted by Crippen LogP contribution is -2.09. The zero-order chi connectivity index (χ0) is 14.7. The van der Waals surface area contributed by atoms with Gasteiger partial charge in [-0.1, -0.05) is 42.8 Å². The van der Waals surface area contributed by atoms with E-state index in [0.29, 0.717) is 23.8 Å². The zero-order valence-corrected chi connectivity index (χ0v) is 11.9. The number of aromatic nitrogens is 3. The van der Waals surface area contributed by atoms with Crippen molar-refractivity contribution >= 4 is 10.8 Å². The number of aliphatic hydroxyl groups excluding tert-OH is 1. The van der Waals surface area contributed by atoms with Crippen LogP contribution in [0, 0.1) is 0 Å². The highest BCUT2D eigenvalue weighted by molar-refractivity contribution is 5.92. The molecular formula is C16H17N3O2. The van der Waals surface area contributed by atoms with Gasteiger partial charge in [0.25, 0.3) is 0 Å². The van der Waals surface area contributed by atoms with Gasteiger partial charge in [0.2, 0.25) is 11.7 Å². The summed E-state index contributed by atoms with van der Waals surface area (Å²) in [6.45, 7) is 2.03. The normalized spacial score (nSPS) is 12.7. The van der Waals surface area contributed by atoms with Gasteiger partial charge in [-0.25, -0.2) is 0 Å². The average Bonchev–Trinajstić information content (AvgIpc) is 2.95. The minimum Gasteiger partial charge on any atom is -0.393 e. The Morgan fingerprint density at radius 2 is 2.10 bits per heavy atom. The first-order valence-electron chi connectivity index (χ1n) is 7.12. The van der Waals surface area contributed by atoms with E-state index in [2.05, 4.69) is 15.1 Å². The topological polar surface area (TPSA) is 72.0 Å². The third-order valence-corrected chi connectivity index (χ3v) is 3.39. The van der Waals surface area contributed by atoms with Crippen LogP contribution in [-0.4, -0.2) is 26.3 Å². The van der Waals surface area contributed by atoms with Gasteiger partial charge < -0.3 is 9.63 Å². The molecule has 1 aromatic carbocycles. The van der Waals surface area contributed by atoms with Gasteiger partial charge in [-0.05, 0) is 17.9 Å². The smallest absolute Gasteiger partial charge is 0.229 e. The molecule has 0 bridgehead atoms. The fourth-order valence-electron chi connectivity index (χ4n) is 2.37. The van der Waals surface area contributed by atoms with Crippen LogP contribution in [0.4, 0.5) is 0 Å². The molecule has 5 nitrogen and oxygen atoms in total. The minimum absolute atomic E-state index is 0.381. The number of hydrogen-bond acceptors (Lipinski definition) is 5. The van der Waals surface area contributed by atoms with Crippen LogP contribution in [0.15, 0.2) is 41.1 Å². The van der Waals surface area contributed by atoms with Crippen LogP contribution in [0.1, 0.15) is 25.7 Å². The lowest BCUT2D eigenvalue weighted by Gasteiger charge is -2.04. The average molecular weight is 283 g/mol. The number of rotatable bonds is 5. The van der Waals surface area contributed by atoms with E-state index < -0.39 is 6.10 Å². The van der Waals surface area contributed by atoms with Gasteiger partial charge in [-0.3, -0.25) is 4.98 Å². The van der Waals surface area contributed by atoms with Crippen molar-refractivity contribution in [1.82, 2.24) is 15.1 Å². The molecule has 0 fully saturated rings. The summed E-state index contributed by atoms with van der Waals surface area (Å²) >= 11 is 0. The van der Waals surface area contributed by atoms with Crippen molar-refractivity contribution in [1.29, 1.82) is 0 Å². The van der Waals surface area contributed by atoms with Crippen LogP contribution in [0.3, 0.4) is 0 Å². The zero-order valence-electron chi connectivity index (χ0n) is 11.9. The molecule has 3 aromatic rings. The van der Waals surface area contributed by atoms with E-state index in [9.17, 15) is 5.11 Å². The molecule has 21 heavy (non-hydrogen) atoms. The summed E-state index contributed by atoms with van der Waals surface area (Å²) in [6, 6.07) is 9.89. The molecule has 0 aliphatic carbocycles. The van der Waals surface area contributed by atoms with Gasteiger partial charge in [-0.15, -0.1) is 0 Å². The van der Waals surface area contributed by atoms with Crippen LogP contribution >= 0.6 is 0 Å². The van der Waals surface area contributed by atoms with Crippen molar-refractivity contribution in [2.24, 2.45) is 0 Å². The van der Waals surface area contributed by atoms with Crippen LogP contribution in [0.25, 0.3) is 22.3 Å². The van der Waals surface area contributed by atoms with Crippen LogP contribution < -0.4 is 0 Å². The lowest BCUT2D eigenvalue weighted by atomic mass is 10.1. The van der Waals surface area contributed by atoms with Crippen LogP contribution in [-0.2, 0) is 6.42 Å². The molecule has 1 unspecified atom stereocenters. The molecule has 0 aliphatic rings. The molecule has 0 saturated carbocycles. The van der Waals surface area contributed by atoms with Gasteiger partial charge in [0.05, 0.1) is 12.5 Å². The second-order valence-electron chi connectivity index (χ2n) is 5.04. The molecule has 2 heterocycles. The van der Waals surface area contributed by atoms with Crippen molar-refractivity contribution in [3.8, 4) is 11.5 Å². The Morgan fingerprint density at radius 1 is 1.24 bits per heavy atom. The summed E-state index contributed by atoms with van der Waals surface area (Å²) in [5.41, 5.74) is 0.702. The molecule has 2 aromatic heterocycles. The monoisotopic (exact) mass is 283 g/mol. The third-order valence-electron chi connectivity index (χ3n) is 3.39. The quantitative estimate of drug-likeness (QED) is 0.779. The summed E-state index contributed by atoms with van der Waals surface area (Å²) in [5.74, 6) is 0.909. The van der Waals surface area contributed by atoms with E-state index in [1.165, 1.54) is 0 Å². The van der Waals surface area contributed by atoms with E-state index in [1.54, 1.807) is 6.20 Å². The molecule has 3 rings (SSSR count). The summed E-state index contributed by atoms with van der Waals surface area (Å²) < 4.78 is 5.22. The van der Waals surface area contributed by atoms with E-state index in [-0.39, 0.29) is 0 Å². The van der Waals surface area contributed by atoms with E-state index in [4.69, 9.17) is 4.52 Å². The van der Waals surface area contributed by atoms with Crippen LogP contribution in [0.2, 0.25) is 0 Å². The Bertz CT molecular complexity index is 734. The molecule has 0 saturated heterocycles. The molecule has 0 amide bonds. The number of aliphatic hydroxyl groups is 1. The van der Waals surface area contributed by atoms with Gasteiger partial charge in [0, 0.05) is 11.6 Å². The maximum Gasteiger partial charge on any atom is 0.229 e. The summed E-state index contributed by atoms with van der Waals surface area (Å²) in [5, 5.41) is 15.9. The highest BCUT2D eigenvalue weighted by atomic mass is 16.5. The van der Waals surface area contributed by atoms with Gasteiger partial charge in [0.1, 0.15) is 5.69 Å². The Balaban J connectivity index is 1.91. The van der Waals surface area contributed by atoms with Crippen molar-refractivity contribution < 1.29 is 9.63 Å². The van der Waals surface area contributed by atoms with E-state index >= 15 is 0 Å². The molecule has 0 radical (unpaired) electrons. The fourth-order valence-corrected chi connectivity index (χ4v) is 2.37. The first-order chi connectivity index (χ1) is 10.3. The predicted molar refractivity (Wildman–Crippen MR) is 79.7 cm³/mol. The molecule has 0 aliphatic heterocycles. The lowest BCUT2D eigenvalue weighted by molar-refractivity contribution is 0.152. The van der Waals surface area contributed by atoms with Crippen LogP contribution in [0.5, 0.6) is 0 Å². The molecule has 1 atom stereocenters. The first kappa shape index (κ1) is 13.7. The molecule has 5 heteroatoms. The fraction of sp³-hybridized carbons (Fsp3) is 0.312. The number of hydrogen-bond donors (Lipinski definition) is 1. The Morgan fingerprint density at radius 3 is 2.95 bits per heavy atom. The van der Waals surface area contributed by atoms with Crippen molar-refractivity contribution in [3.63, 3.8) is 0 Å². The Labute approximate surface area is 122 Å². The number of benzene rings is 1. The molecule has 1 N–H and O–H groups in total. The van der Waals surface area contributed by atoms with Gasteiger partial charge in [-0.2, -0.15) is 4.98 Å². The summed E-state index contributed by atoms with van der Waals surface area (Å²) in [4.78, 5) is 8.71. The molecule has 108 valence electrons. The summed E-state index contributed by atoms with van der Waals surface area (Å²) in [6.07, 6.45) is 3.33. The second-order valence-corrected chi connectivity index (χ2v) is 5.04. The van der Waals surface area contributed by atoms with E-state index in [1.807, 2.05) is 37.3 Å². The first-order valence-corrected chi connectivity index (χ1v) is 7.12. The Kier molecular flexibility index (Phi) is 3.92. The number of fused-ring (bicyclic) bond motifs is 1. The maximum absolute atomic E-state index is 9.81. The Hall–Kier alpha value is -2.27. The third kappa shape index (κ3) is 2.92. The van der Waals surface area contributed by atoms with Crippen molar-refractivity contribution in [2.45, 2.75) is 32.3 Å². The number of nitrogens with zero attached hydrogens (tertiary/aromatic N) is 3. The standard InChI is InChI=1S/C16H17N3O2/c1-2-5-12(20)10-14-18-16(19-21-14)15-13-7-4-3-6-11(13)8-9-17-15/h3-4,6-9,12,20H,2,5,10H2,1H3. The minimum atomic E-state index is -0.441. The predicted octanol–water partition coefficient (Wildman–Crippen LogP) is 2.99. The van der Waals surface area contributed by atoms with Gasteiger partial charge >= 0.3 is 0 Å².